The van der Waals surface area contributed by atoms with E-state index in [1.165, 1.54) is 6.08 Å². The molecule has 2 unspecified atom stereocenters. The molecule has 0 aromatic rings. The van der Waals surface area contributed by atoms with Gasteiger partial charge in [-0.15, -0.1) is 4.91 Å². The Morgan fingerprint density at radius 2 is 2.27 bits per heavy atom. The number of nitrogens with zero attached hydrogens (tertiary/aromatic N) is 2. The predicted octanol–water partition coefficient (Wildman–Crippen LogP) is 0.926. The number of nitroso groups, excluding NO2 is 2. The van der Waals surface area contributed by atoms with E-state index < -0.39 is 12.1 Å². The first-order valence-electron chi connectivity index (χ1n) is 3.31. The summed E-state index contributed by atoms with van der Waals surface area (Å²) in [4.78, 5) is 20.0. The van der Waals surface area contributed by atoms with Gasteiger partial charge in [-0.25, -0.2) is 0 Å². The van der Waals surface area contributed by atoms with Crippen LogP contribution in [-0.2, 0) is 0 Å². The molecule has 1 aliphatic rings. The van der Waals surface area contributed by atoms with Crippen molar-refractivity contribution >= 4 is 0 Å². The molecule has 0 aromatic heterocycles. The lowest BCUT2D eigenvalue weighted by atomic mass is 9.98. The maximum absolute atomic E-state index is 10.0. The third-order valence-corrected chi connectivity index (χ3v) is 1.60. The Bertz CT molecular complexity index is 202. The van der Waals surface area contributed by atoms with Crippen LogP contribution in [0.15, 0.2) is 22.1 Å². The fourth-order valence-corrected chi connectivity index (χ4v) is 1.10. The minimum Gasteiger partial charge on any atom is -0.393 e. The maximum atomic E-state index is 10.0. The second-order valence-corrected chi connectivity index (χ2v) is 2.52. The Hall–Kier alpha value is -1.10. The van der Waals surface area contributed by atoms with Gasteiger partial charge in [0.1, 0.15) is 6.04 Å². The summed E-state index contributed by atoms with van der Waals surface area (Å²) in [6.45, 7) is 0. The van der Waals surface area contributed by atoms with Gasteiger partial charge in [0.05, 0.1) is 11.8 Å². The molecule has 0 aromatic carbocycles. The molecule has 0 saturated carbocycles. The molecule has 0 bridgehead atoms. The topological polar surface area (TPSA) is 79.1 Å². The summed E-state index contributed by atoms with van der Waals surface area (Å²) in [7, 11) is 0. The monoisotopic (exact) mass is 156 g/mol. The number of aliphatic hydroxyl groups is 1. The van der Waals surface area contributed by atoms with E-state index in [1.807, 2.05) is 0 Å². The average molecular weight is 156 g/mol. The van der Waals surface area contributed by atoms with Crippen LogP contribution in [0.5, 0.6) is 0 Å². The van der Waals surface area contributed by atoms with Gasteiger partial charge in [-0.1, -0.05) is 5.18 Å². The Morgan fingerprint density at radius 1 is 1.55 bits per heavy atom. The molecule has 1 rings (SSSR count). The van der Waals surface area contributed by atoms with Crippen molar-refractivity contribution in [3.63, 3.8) is 0 Å². The SMILES string of the molecule is O=NC1=CC(N=O)CC(O)C1. The molecule has 1 N–H and O–H groups in total. The summed E-state index contributed by atoms with van der Waals surface area (Å²) in [6.07, 6.45) is 1.26. The van der Waals surface area contributed by atoms with Gasteiger partial charge >= 0.3 is 0 Å². The number of aliphatic hydroxyl groups excluding tert-OH is 1. The number of hydrogen-bond donors (Lipinski definition) is 1. The largest absolute Gasteiger partial charge is 0.393 e. The van der Waals surface area contributed by atoms with Crippen molar-refractivity contribution in [2.45, 2.75) is 25.0 Å². The highest BCUT2D eigenvalue weighted by Gasteiger charge is 2.21. The standard InChI is InChI=1S/C6H8N2O3/c9-6-2-4(7-10)1-5(3-6)8-11/h1,4,6,9H,2-3H2. The third kappa shape index (κ3) is 1.91. The fourth-order valence-electron chi connectivity index (χ4n) is 1.10. The zero-order valence-corrected chi connectivity index (χ0v) is 5.80. The Balaban J connectivity index is 2.71. The molecule has 11 heavy (non-hydrogen) atoms. The van der Waals surface area contributed by atoms with Crippen LogP contribution in [0.2, 0.25) is 0 Å². The molecule has 0 fully saturated rings. The minimum absolute atomic E-state index is 0.216. The van der Waals surface area contributed by atoms with Gasteiger partial charge in [0.2, 0.25) is 0 Å². The minimum atomic E-state index is -0.657. The molecule has 1 aliphatic carbocycles. The smallest absolute Gasteiger partial charge is 0.115 e. The molecule has 2 atom stereocenters. The van der Waals surface area contributed by atoms with Crippen LogP contribution in [0.4, 0.5) is 0 Å². The lowest BCUT2D eigenvalue weighted by molar-refractivity contribution is 0.154. The van der Waals surface area contributed by atoms with Gasteiger partial charge in [-0.05, 0) is 11.3 Å². The first-order chi connectivity index (χ1) is 5.26. The molecular formula is C6H8N2O3. The van der Waals surface area contributed by atoms with Crippen molar-refractivity contribution in [1.82, 2.24) is 0 Å². The average Bonchev–Trinajstić information content (AvgIpc) is 2.03. The lowest BCUT2D eigenvalue weighted by Gasteiger charge is -2.16. The summed E-state index contributed by atoms with van der Waals surface area (Å²) < 4.78 is 0. The molecule has 5 heteroatoms. The van der Waals surface area contributed by atoms with Crippen LogP contribution in [0.1, 0.15) is 12.8 Å². The highest BCUT2D eigenvalue weighted by atomic mass is 16.3. The van der Waals surface area contributed by atoms with Gasteiger partial charge in [0, 0.05) is 12.8 Å². The quantitative estimate of drug-likeness (QED) is 0.604. The molecular weight excluding hydrogens is 148 g/mol. The predicted molar refractivity (Wildman–Crippen MR) is 38.7 cm³/mol. The summed E-state index contributed by atoms with van der Waals surface area (Å²) >= 11 is 0. The van der Waals surface area contributed by atoms with Crippen molar-refractivity contribution in [3.05, 3.63) is 21.6 Å². The van der Waals surface area contributed by atoms with Crippen molar-refractivity contribution < 1.29 is 5.11 Å². The van der Waals surface area contributed by atoms with E-state index in [9.17, 15) is 9.81 Å². The van der Waals surface area contributed by atoms with Crippen LogP contribution in [0.3, 0.4) is 0 Å². The van der Waals surface area contributed by atoms with Gasteiger partial charge in [0.25, 0.3) is 0 Å². The van der Waals surface area contributed by atoms with Gasteiger partial charge in [0.15, 0.2) is 0 Å². The zero-order chi connectivity index (χ0) is 8.27. The molecule has 5 nitrogen and oxygen atoms in total. The van der Waals surface area contributed by atoms with E-state index in [4.69, 9.17) is 5.11 Å². The molecule has 0 radical (unpaired) electrons. The van der Waals surface area contributed by atoms with Crippen molar-refractivity contribution in [2.24, 2.45) is 10.4 Å². The maximum Gasteiger partial charge on any atom is 0.115 e. The van der Waals surface area contributed by atoms with Crippen molar-refractivity contribution in [2.75, 3.05) is 0 Å². The highest BCUT2D eigenvalue weighted by Crippen LogP contribution is 2.20. The molecule has 0 spiro atoms. The second kappa shape index (κ2) is 3.34. The molecule has 0 heterocycles. The summed E-state index contributed by atoms with van der Waals surface area (Å²) in [5.41, 5.74) is 0.216. The van der Waals surface area contributed by atoms with Crippen molar-refractivity contribution in [1.29, 1.82) is 0 Å². The van der Waals surface area contributed by atoms with Crippen LogP contribution in [0, 0.1) is 9.81 Å². The zero-order valence-electron chi connectivity index (χ0n) is 5.80. The summed E-state index contributed by atoms with van der Waals surface area (Å²) in [5, 5.41) is 14.4. The van der Waals surface area contributed by atoms with Gasteiger partial charge in [-0.3, -0.25) is 0 Å². The van der Waals surface area contributed by atoms with E-state index in [-0.39, 0.29) is 12.1 Å². The summed E-state index contributed by atoms with van der Waals surface area (Å²) in [6, 6.07) is -0.591. The van der Waals surface area contributed by atoms with Gasteiger partial charge < -0.3 is 5.11 Å². The van der Waals surface area contributed by atoms with Crippen molar-refractivity contribution in [3.8, 4) is 0 Å². The number of rotatable bonds is 2. The van der Waals surface area contributed by atoms with E-state index in [0.717, 1.165) is 0 Å². The van der Waals surface area contributed by atoms with Crippen LogP contribution < -0.4 is 0 Å². The molecule has 60 valence electrons. The number of hydrogen-bond acceptors (Lipinski definition) is 5. The summed E-state index contributed by atoms with van der Waals surface area (Å²) in [5.74, 6) is 0. The first kappa shape index (κ1) is 8.00. The van der Waals surface area contributed by atoms with E-state index in [1.54, 1.807) is 0 Å². The normalized spacial score (nSPS) is 30.8. The highest BCUT2D eigenvalue weighted by molar-refractivity contribution is 5.11. The van der Waals surface area contributed by atoms with E-state index in [2.05, 4.69) is 10.4 Å². The van der Waals surface area contributed by atoms with Gasteiger partial charge in [-0.2, -0.15) is 4.91 Å². The Labute approximate surface area is 63.1 Å². The lowest BCUT2D eigenvalue weighted by Crippen LogP contribution is -2.20. The van der Waals surface area contributed by atoms with E-state index >= 15 is 0 Å². The molecule has 0 saturated heterocycles. The molecule has 0 aliphatic heterocycles. The van der Waals surface area contributed by atoms with E-state index in [0.29, 0.717) is 6.42 Å². The third-order valence-electron chi connectivity index (χ3n) is 1.60. The Kier molecular flexibility index (Phi) is 2.43. The molecule has 0 amide bonds. The van der Waals surface area contributed by atoms with Crippen LogP contribution >= 0.6 is 0 Å². The van der Waals surface area contributed by atoms with Crippen LogP contribution in [-0.4, -0.2) is 17.3 Å². The fraction of sp³-hybridized carbons (Fsp3) is 0.667. The second-order valence-electron chi connectivity index (χ2n) is 2.52. The Morgan fingerprint density at radius 3 is 2.82 bits per heavy atom. The first-order valence-corrected chi connectivity index (χ1v) is 3.31. The van der Waals surface area contributed by atoms with Crippen LogP contribution in [0.25, 0.3) is 0 Å².